The Kier molecular flexibility index (Phi) is 5.10. The molecule has 3 aromatic rings. The van der Waals surface area contributed by atoms with E-state index in [1.54, 1.807) is 25.1 Å². The molecular formula is C22H22N2O4. The maximum atomic E-state index is 12.6. The first kappa shape index (κ1) is 18.2. The second-order valence-corrected chi connectivity index (χ2v) is 7.15. The van der Waals surface area contributed by atoms with Crippen molar-refractivity contribution in [2.45, 2.75) is 44.8 Å². The molecule has 144 valence electrons. The van der Waals surface area contributed by atoms with Gasteiger partial charge in [-0.1, -0.05) is 48.3 Å². The number of benzene rings is 2. The molecule has 1 heterocycles. The first-order chi connectivity index (χ1) is 13.6. The van der Waals surface area contributed by atoms with E-state index in [4.69, 9.17) is 9.26 Å². The highest BCUT2D eigenvalue weighted by molar-refractivity contribution is 5.99. The number of rotatable bonds is 5. The minimum absolute atomic E-state index is 0.190. The maximum absolute atomic E-state index is 12.6. The third-order valence-corrected chi connectivity index (χ3v) is 5.10. The molecule has 1 aromatic heterocycles. The van der Waals surface area contributed by atoms with Gasteiger partial charge >= 0.3 is 5.97 Å². The van der Waals surface area contributed by atoms with Gasteiger partial charge in [-0.2, -0.15) is 0 Å². The van der Waals surface area contributed by atoms with E-state index in [-0.39, 0.29) is 11.9 Å². The summed E-state index contributed by atoms with van der Waals surface area (Å²) in [5.41, 5.74) is 1.88. The standard InChI is InChI=1S/C22H22N2O4/c1-14(21(25)23-17-9-5-6-10-17)27-22(26)16-11-12-19-18(13-16)20(28-24-19)15-7-3-2-4-8-15/h2-4,7-8,11-14,17H,5-6,9-10H2,1H3,(H,23,25)/t14-/m0/s1. The molecule has 0 spiro atoms. The minimum Gasteiger partial charge on any atom is -0.449 e. The van der Waals surface area contributed by atoms with Crippen LogP contribution in [0.5, 0.6) is 0 Å². The average Bonchev–Trinajstić information content (AvgIpc) is 3.37. The highest BCUT2D eigenvalue weighted by atomic mass is 16.5. The van der Waals surface area contributed by atoms with Crippen molar-refractivity contribution in [2.75, 3.05) is 0 Å². The van der Waals surface area contributed by atoms with Crippen LogP contribution < -0.4 is 5.32 Å². The van der Waals surface area contributed by atoms with Gasteiger partial charge in [0.05, 0.1) is 10.9 Å². The third-order valence-electron chi connectivity index (χ3n) is 5.10. The topological polar surface area (TPSA) is 81.4 Å². The highest BCUT2D eigenvalue weighted by Gasteiger charge is 2.24. The van der Waals surface area contributed by atoms with Crippen molar-refractivity contribution >= 4 is 22.8 Å². The molecule has 0 aliphatic heterocycles. The molecule has 1 fully saturated rings. The van der Waals surface area contributed by atoms with Crippen molar-refractivity contribution in [3.8, 4) is 11.3 Å². The summed E-state index contributed by atoms with van der Waals surface area (Å²) in [5.74, 6) is -0.204. The lowest BCUT2D eigenvalue weighted by Crippen LogP contribution is -2.40. The summed E-state index contributed by atoms with van der Waals surface area (Å²) in [6, 6.07) is 14.8. The number of nitrogens with zero attached hydrogens (tertiary/aromatic N) is 1. The Morgan fingerprint density at radius 2 is 1.89 bits per heavy atom. The lowest BCUT2D eigenvalue weighted by molar-refractivity contribution is -0.129. The fourth-order valence-electron chi connectivity index (χ4n) is 3.54. The third kappa shape index (κ3) is 3.76. The van der Waals surface area contributed by atoms with Gasteiger partial charge in [0.15, 0.2) is 11.9 Å². The number of nitrogens with one attached hydrogen (secondary N) is 1. The second-order valence-electron chi connectivity index (χ2n) is 7.15. The van der Waals surface area contributed by atoms with Crippen LogP contribution in [-0.4, -0.2) is 29.2 Å². The van der Waals surface area contributed by atoms with Gasteiger partial charge in [-0.25, -0.2) is 4.79 Å². The van der Waals surface area contributed by atoms with Gasteiger partial charge in [0.25, 0.3) is 5.91 Å². The molecule has 1 saturated carbocycles. The van der Waals surface area contributed by atoms with Crippen LogP contribution >= 0.6 is 0 Å². The zero-order valence-electron chi connectivity index (χ0n) is 15.7. The number of hydrogen-bond acceptors (Lipinski definition) is 5. The summed E-state index contributed by atoms with van der Waals surface area (Å²) in [5, 5.41) is 7.73. The number of aromatic nitrogens is 1. The first-order valence-corrected chi connectivity index (χ1v) is 9.58. The Morgan fingerprint density at radius 3 is 2.64 bits per heavy atom. The summed E-state index contributed by atoms with van der Waals surface area (Å²) in [7, 11) is 0. The largest absolute Gasteiger partial charge is 0.449 e. The summed E-state index contributed by atoms with van der Waals surface area (Å²) in [4.78, 5) is 24.8. The smallest absolute Gasteiger partial charge is 0.338 e. The molecule has 1 amide bonds. The number of amides is 1. The lowest BCUT2D eigenvalue weighted by Gasteiger charge is -2.17. The summed E-state index contributed by atoms with van der Waals surface area (Å²) in [6.07, 6.45) is 3.38. The maximum Gasteiger partial charge on any atom is 0.338 e. The number of carbonyl (C=O) groups excluding carboxylic acids is 2. The number of carbonyl (C=O) groups is 2. The summed E-state index contributed by atoms with van der Waals surface area (Å²) >= 11 is 0. The fourth-order valence-corrected chi connectivity index (χ4v) is 3.54. The van der Waals surface area contributed by atoms with E-state index in [2.05, 4.69) is 10.5 Å². The van der Waals surface area contributed by atoms with Crippen molar-refractivity contribution in [1.82, 2.24) is 10.5 Å². The van der Waals surface area contributed by atoms with E-state index in [9.17, 15) is 9.59 Å². The first-order valence-electron chi connectivity index (χ1n) is 9.58. The molecule has 6 heteroatoms. The highest BCUT2D eigenvalue weighted by Crippen LogP contribution is 2.29. The zero-order valence-corrected chi connectivity index (χ0v) is 15.7. The predicted octanol–water partition coefficient (Wildman–Crippen LogP) is 4.10. The molecule has 0 saturated heterocycles. The predicted molar refractivity (Wildman–Crippen MR) is 105 cm³/mol. The Hall–Kier alpha value is -3.15. The van der Waals surface area contributed by atoms with Gasteiger partial charge in [0.1, 0.15) is 5.52 Å². The van der Waals surface area contributed by atoms with Crippen LogP contribution in [0.25, 0.3) is 22.2 Å². The van der Waals surface area contributed by atoms with Gasteiger partial charge in [-0.3, -0.25) is 4.79 Å². The molecule has 1 aliphatic rings. The average molecular weight is 378 g/mol. The van der Waals surface area contributed by atoms with Gasteiger partial charge in [-0.05, 0) is 38.0 Å². The molecule has 1 atom stereocenters. The van der Waals surface area contributed by atoms with Crippen LogP contribution in [0.15, 0.2) is 53.1 Å². The van der Waals surface area contributed by atoms with Gasteiger partial charge < -0.3 is 14.6 Å². The fraction of sp³-hybridized carbons (Fsp3) is 0.318. The van der Waals surface area contributed by atoms with E-state index in [1.165, 1.54) is 0 Å². The Bertz CT molecular complexity index is 990. The Labute approximate surface area is 162 Å². The molecule has 1 N–H and O–H groups in total. The van der Waals surface area contributed by atoms with Gasteiger partial charge in [-0.15, -0.1) is 0 Å². The number of hydrogen-bond donors (Lipinski definition) is 1. The SMILES string of the molecule is C[C@H](OC(=O)c1ccc2noc(-c3ccccc3)c2c1)C(=O)NC1CCCC1. The van der Waals surface area contributed by atoms with E-state index in [0.29, 0.717) is 16.8 Å². The molecule has 28 heavy (non-hydrogen) atoms. The molecule has 0 bridgehead atoms. The molecule has 2 aromatic carbocycles. The Morgan fingerprint density at radius 1 is 1.14 bits per heavy atom. The molecule has 4 rings (SSSR count). The van der Waals surface area contributed by atoms with Crippen LogP contribution in [0.2, 0.25) is 0 Å². The summed E-state index contributed by atoms with van der Waals surface area (Å²) < 4.78 is 10.8. The number of esters is 1. The second kappa shape index (κ2) is 7.84. The lowest BCUT2D eigenvalue weighted by atomic mass is 10.1. The van der Waals surface area contributed by atoms with Crippen molar-refractivity contribution in [1.29, 1.82) is 0 Å². The normalized spacial score (nSPS) is 15.5. The van der Waals surface area contributed by atoms with Crippen molar-refractivity contribution < 1.29 is 18.8 Å². The van der Waals surface area contributed by atoms with E-state index >= 15 is 0 Å². The van der Waals surface area contributed by atoms with Gasteiger partial charge in [0, 0.05) is 11.6 Å². The Balaban J connectivity index is 1.50. The van der Waals surface area contributed by atoms with Gasteiger partial charge in [0.2, 0.25) is 0 Å². The van der Waals surface area contributed by atoms with Crippen LogP contribution in [0.1, 0.15) is 43.0 Å². The summed E-state index contributed by atoms with van der Waals surface area (Å²) in [6.45, 7) is 1.59. The quantitative estimate of drug-likeness (QED) is 0.676. The minimum atomic E-state index is -0.847. The number of fused-ring (bicyclic) bond motifs is 1. The molecular weight excluding hydrogens is 356 g/mol. The van der Waals surface area contributed by atoms with E-state index in [1.807, 2.05) is 30.3 Å². The monoisotopic (exact) mass is 378 g/mol. The van der Waals surface area contributed by atoms with Crippen molar-refractivity contribution in [3.63, 3.8) is 0 Å². The molecule has 0 radical (unpaired) electrons. The van der Waals surface area contributed by atoms with E-state index in [0.717, 1.165) is 36.6 Å². The van der Waals surface area contributed by atoms with Crippen LogP contribution in [-0.2, 0) is 9.53 Å². The van der Waals surface area contributed by atoms with Crippen molar-refractivity contribution in [2.24, 2.45) is 0 Å². The van der Waals surface area contributed by atoms with Crippen molar-refractivity contribution in [3.05, 3.63) is 54.1 Å². The molecule has 6 nitrogen and oxygen atoms in total. The molecule has 1 aliphatic carbocycles. The van der Waals surface area contributed by atoms with E-state index < -0.39 is 12.1 Å². The van der Waals surface area contributed by atoms with Crippen LogP contribution in [0.4, 0.5) is 0 Å². The zero-order chi connectivity index (χ0) is 19.5. The number of ether oxygens (including phenoxy) is 1. The van der Waals surface area contributed by atoms with Crippen LogP contribution in [0.3, 0.4) is 0 Å². The molecule has 0 unspecified atom stereocenters. The van der Waals surface area contributed by atoms with Crippen LogP contribution in [0, 0.1) is 0 Å².